The Bertz CT molecular complexity index is 240. The Hall–Kier alpha value is -1.02. The SMILES string of the molecule is CCC(O)(CC)Oc1ccccc1. The van der Waals surface area contributed by atoms with Crippen LogP contribution in [0.1, 0.15) is 26.7 Å². The van der Waals surface area contributed by atoms with Crippen LogP contribution in [-0.4, -0.2) is 10.9 Å². The molecule has 0 radical (unpaired) electrons. The molecule has 0 spiro atoms. The largest absolute Gasteiger partial charge is 0.463 e. The van der Waals surface area contributed by atoms with Gasteiger partial charge in [0.1, 0.15) is 5.75 Å². The van der Waals surface area contributed by atoms with Gasteiger partial charge in [-0.1, -0.05) is 32.0 Å². The van der Waals surface area contributed by atoms with Crippen molar-refractivity contribution < 1.29 is 9.84 Å². The fourth-order valence-corrected chi connectivity index (χ4v) is 1.10. The fourth-order valence-electron chi connectivity index (χ4n) is 1.10. The molecule has 72 valence electrons. The monoisotopic (exact) mass is 180 g/mol. The van der Waals surface area contributed by atoms with Gasteiger partial charge >= 0.3 is 0 Å². The van der Waals surface area contributed by atoms with E-state index in [0.717, 1.165) is 0 Å². The minimum absolute atomic E-state index is 0.596. The molecule has 2 nitrogen and oxygen atoms in total. The molecule has 0 atom stereocenters. The Morgan fingerprint density at radius 3 is 2.15 bits per heavy atom. The smallest absolute Gasteiger partial charge is 0.207 e. The Morgan fingerprint density at radius 2 is 1.69 bits per heavy atom. The van der Waals surface area contributed by atoms with E-state index in [-0.39, 0.29) is 0 Å². The van der Waals surface area contributed by atoms with Crippen LogP contribution >= 0.6 is 0 Å². The summed E-state index contributed by atoms with van der Waals surface area (Å²) in [6.07, 6.45) is 1.19. The van der Waals surface area contributed by atoms with E-state index < -0.39 is 5.79 Å². The second kappa shape index (κ2) is 4.28. The summed E-state index contributed by atoms with van der Waals surface area (Å²) >= 11 is 0. The Kier molecular flexibility index (Phi) is 3.32. The maximum atomic E-state index is 9.86. The van der Waals surface area contributed by atoms with Crippen LogP contribution in [0, 0.1) is 0 Å². The summed E-state index contributed by atoms with van der Waals surface area (Å²) in [6, 6.07) is 9.39. The summed E-state index contributed by atoms with van der Waals surface area (Å²) < 4.78 is 5.46. The molecule has 0 bridgehead atoms. The molecule has 2 heteroatoms. The normalized spacial score (nSPS) is 11.3. The summed E-state index contributed by atoms with van der Waals surface area (Å²) in [6.45, 7) is 3.82. The van der Waals surface area contributed by atoms with Gasteiger partial charge in [-0.3, -0.25) is 0 Å². The zero-order valence-electron chi connectivity index (χ0n) is 8.16. The number of hydrogen-bond donors (Lipinski definition) is 1. The van der Waals surface area contributed by atoms with Gasteiger partial charge in [0, 0.05) is 12.8 Å². The molecule has 0 aliphatic heterocycles. The van der Waals surface area contributed by atoms with Gasteiger partial charge in [0.05, 0.1) is 0 Å². The highest BCUT2D eigenvalue weighted by molar-refractivity contribution is 5.21. The molecule has 13 heavy (non-hydrogen) atoms. The van der Waals surface area contributed by atoms with E-state index >= 15 is 0 Å². The van der Waals surface area contributed by atoms with Crippen molar-refractivity contribution in [1.29, 1.82) is 0 Å². The van der Waals surface area contributed by atoms with E-state index in [4.69, 9.17) is 4.74 Å². The highest BCUT2D eigenvalue weighted by atomic mass is 16.6. The molecule has 0 unspecified atom stereocenters. The summed E-state index contributed by atoms with van der Waals surface area (Å²) in [5.74, 6) is -0.296. The van der Waals surface area contributed by atoms with Gasteiger partial charge in [-0.05, 0) is 12.1 Å². The van der Waals surface area contributed by atoms with Crippen LogP contribution in [0.3, 0.4) is 0 Å². The second-order valence-corrected chi connectivity index (χ2v) is 3.07. The van der Waals surface area contributed by atoms with Gasteiger partial charge in [0.2, 0.25) is 5.79 Å². The van der Waals surface area contributed by atoms with E-state index in [1.807, 2.05) is 44.2 Å². The first-order valence-electron chi connectivity index (χ1n) is 4.66. The molecule has 0 aliphatic carbocycles. The molecule has 0 saturated heterocycles. The second-order valence-electron chi connectivity index (χ2n) is 3.07. The molecule has 1 N–H and O–H groups in total. The zero-order valence-corrected chi connectivity index (χ0v) is 8.16. The third-order valence-electron chi connectivity index (χ3n) is 2.16. The van der Waals surface area contributed by atoms with Gasteiger partial charge in [-0.2, -0.15) is 0 Å². The van der Waals surface area contributed by atoms with Crippen molar-refractivity contribution in [3.05, 3.63) is 30.3 Å². The van der Waals surface area contributed by atoms with Gasteiger partial charge in [-0.15, -0.1) is 0 Å². The summed E-state index contributed by atoms with van der Waals surface area (Å²) in [4.78, 5) is 0. The molecular weight excluding hydrogens is 164 g/mol. The number of benzene rings is 1. The predicted molar refractivity (Wildman–Crippen MR) is 52.6 cm³/mol. The molecule has 0 aromatic heterocycles. The van der Waals surface area contributed by atoms with Crippen LogP contribution in [0.15, 0.2) is 30.3 Å². The molecule has 0 heterocycles. The van der Waals surface area contributed by atoms with Gasteiger partial charge < -0.3 is 9.84 Å². The highest BCUT2D eigenvalue weighted by Crippen LogP contribution is 2.21. The first-order chi connectivity index (χ1) is 6.20. The van der Waals surface area contributed by atoms with E-state index in [0.29, 0.717) is 18.6 Å². The average Bonchev–Trinajstić information content (AvgIpc) is 2.19. The van der Waals surface area contributed by atoms with Crippen molar-refractivity contribution in [2.75, 3.05) is 0 Å². The lowest BCUT2D eigenvalue weighted by Gasteiger charge is -2.26. The summed E-state index contributed by atoms with van der Waals surface area (Å²) in [5.41, 5.74) is 0. The third-order valence-corrected chi connectivity index (χ3v) is 2.16. The van der Waals surface area contributed by atoms with E-state index in [9.17, 15) is 5.11 Å². The first-order valence-corrected chi connectivity index (χ1v) is 4.66. The van der Waals surface area contributed by atoms with E-state index in [2.05, 4.69) is 0 Å². The lowest BCUT2D eigenvalue weighted by Crippen LogP contribution is -2.33. The average molecular weight is 180 g/mol. The van der Waals surface area contributed by atoms with Crippen molar-refractivity contribution >= 4 is 0 Å². The maximum absolute atomic E-state index is 9.86. The van der Waals surface area contributed by atoms with Crippen molar-refractivity contribution in [2.24, 2.45) is 0 Å². The third kappa shape index (κ3) is 2.74. The highest BCUT2D eigenvalue weighted by Gasteiger charge is 2.23. The summed E-state index contributed by atoms with van der Waals surface area (Å²) in [5, 5.41) is 9.86. The Balaban J connectivity index is 2.68. The maximum Gasteiger partial charge on any atom is 0.207 e. The van der Waals surface area contributed by atoms with Crippen molar-refractivity contribution in [1.82, 2.24) is 0 Å². The molecule has 1 rings (SSSR count). The lowest BCUT2D eigenvalue weighted by molar-refractivity contribution is -0.141. The first kappa shape index (κ1) is 10.1. The standard InChI is InChI=1S/C11H16O2/c1-3-11(12,4-2)13-10-8-6-5-7-9-10/h5-9,12H,3-4H2,1-2H3. The minimum Gasteiger partial charge on any atom is -0.463 e. The van der Waals surface area contributed by atoms with Gasteiger partial charge in [0.15, 0.2) is 0 Å². The molecule has 0 fully saturated rings. The fraction of sp³-hybridized carbons (Fsp3) is 0.455. The Labute approximate surface area is 79.2 Å². The molecule has 0 aliphatic rings. The number of aliphatic hydroxyl groups is 1. The van der Waals surface area contributed by atoms with E-state index in [1.165, 1.54) is 0 Å². The van der Waals surface area contributed by atoms with Crippen LogP contribution in [0.2, 0.25) is 0 Å². The number of ether oxygens (including phenoxy) is 1. The van der Waals surface area contributed by atoms with Crippen LogP contribution in [0.25, 0.3) is 0 Å². The van der Waals surface area contributed by atoms with Crippen LogP contribution < -0.4 is 4.74 Å². The molecule has 0 saturated carbocycles. The van der Waals surface area contributed by atoms with Crippen molar-refractivity contribution in [3.8, 4) is 5.75 Å². The zero-order chi connectivity index (χ0) is 9.73. The number of rotatable bonds is 4. The van der Waals surface area contributed by atoms with Crippen LogP contribution in [0.5, 0.6) is 5.75 Å². The predicted octanol–water partition coefficient (Wildman–Crippen LogP) is 2.57. The van der Waals surface area contributed by atoms with Crippen LogP contribution in [-0.2, 0) is 0 Å². The van der Waals surface area contributed by atoms with Gasteiger partial charge in [0.25, 0.3) is 0 Å². The Morgan fingerprint density at radius 1 is 1.15 bits per heavy atom. The topological polar surface area (TPSA) is 29.5 Å². The summed E-state index contributed by atoms with van der Waals surface area (Å²) in [7, 11) is 0. The lowest BCUT2D eigenvalue weighted by atomic mass is 10.1. The molecular formula is C11H16O2. The van der Waals surface area contributed by atoms with Crippen molar-refractivity contribution in [3.63, 3.8) is 0 Å². The molecule has 1 aromatic rings. The van der Waals surface area contributed by atoms with Crippen molar-refractivity contribution in [2.45, 2.75) is 32.5 Å². The number of hydrogen-bond acceptors (Lipinski definition) is 2. The quantitative estimate of drug-likeness (QED) is 0.721. The molecule has 0 amide bonds. The van der Waals surface area contributed by atoms with Crippen LogP contribution in [0.4, 0.5) is 0 Å². The van der Waals surface area contributed by atoms with Gasteiger partial charge in [-0.25, -0.2) is 0 Å². The number of para-hydroxylation sites is 1. The minimum atomic E-state index is -1.01. The molecule has 1 aromatic carbocycles. The van der Waals surface area contributed by atoms with E-state index in [1.54, 1.807) is 0 Å².